The Balaban J connectivity index is 1.63. The minimum Gasteiger partial charge on any atom is -0.494 e. The maximum Gasteiger partial charge on any atom is 0.433 e. The van der Waals surface area contributed by atoms with E-state index in [1.54, 1.807) is 23.0 Å². The standard InChI is InChI=1S/C19H15F3N4O3/c1-29-16-8-14-10(9-26(25-14)11-6-12(27)7-11)5-15(16)24-18(28)13-3-2-4-17(23-13)19(20,21)22/h2-5,8-9,11H,6-7H2,1H3,(H,24,28). The molecule has 150 valence electrons. The van der Waals surface area contributed by atoms with Gasteiger partial charge in [-0.2, -0.15) is 18.3 Å². The number of benzene rings is 1. The van der Waals surface area contributed by atoms with Crippen LogP contribution in [0.3, 0.4) is 0 Å². The number of rotatable bonds is 4. The van der Waals surface area contributed by atoms with Crippen LogP contribution in [0.1, 0.15) is 35.1 Å². The second-order valence-electron chi connectivity index (χ2n) is 6.68. The number of ether oxygens (including phenoxy) is 1. The number of nitrogens with one attached hydrogen (secondary N) is 1. The van der Waals surface area contributed by atoms with Crippen LogP contribution in [0.5, 0.6) is 5.75 Å². The molecule has 10 heteroatoms. The highest BCUT2D eigenvalue weighted by molar-refractivity contribution is 6.05. The van der Waals surface area contributed by atoms with Crippen molar-refractivity contribution in [2.45, 2.75) is 25.1 Å². The molecule has 1 aromatic carbocycles. The first-order valence-electron chi connectivity index (χ1n) is 8.69. The average Bonchev–Trinajstić information content (AvgIpc) is 3.06. The molecule has 7 nitrogen and oxygen atoms in total. The summed E-state index contributed by atoms with van der Waals surface area (Å²) in [6.45, 7) is 0. The van der Waals surface area contributed by atoms with Gasteiger partial charge in [-0.3, -0.25) is 14.3 Å². The molecule has 1 saturated carbocycles. The highest BCUT2D eigenvalue weighted by atomic mass is 19.4. The number of anilines is 1. The predicted octanol–water partition coefficient (Wildman–Crippen LogP) is 3.62. The van der Waals surface area contributed by atoms with Gasteiger partial charge in [0.15, 0.2) is 0 Å². The van der Waals surface area contributed by atoms with Crippen LogP contribution in [0.15, 0.2) is 36.5 Å². The van der Waals surface area contributed by atoms with Crippen molar-refractivity contribution >= 4 is 28.3 Å². The number of pyridine rings is 1. The van der Waals surface area contributed by atoms with Crippen LogP contribution in [0, 0.1) is 0 Å². The summed E-state index contributed by atoms with van der Waals surface area (Å²) in [6.07, 6.45) is -2.04. The van der Waals surface area contributed by atoms with E-state index in [0.717, 1.165) is 12.1 Å². The van der Waals surface area contributed by atoms with Crippen LogP contribution in [0.25, 0.3) is 10.9 Å². The number of nitrogens with zero attached hydrogens (tertiary/aromatic N) is 3. The van der Waals surface area contributed by atoms with Crippen molar-refractivity contribution in [3.8, 4) is 5.75 Å². The molecule has 1 aliphatic carbocycles. The molecular formula is C19H15F3N4O3. The van der Waals surface area contributed by atoms with Gasteiger partial charge in [0.25, 0.3) is 5.91 Å². The highest BCUT2D eigenvalue weighted by Crippen LogP contribution is 2.34. The summed E-state index contributed by atoms with van der Waals surface area (Å²) in [5.41, 5.74) is -0.639. The fraction of sp³-hybridized carbons (Fsp3) is 0.263. The molecule has 0 radical (unpaired) electrons. The first-order chi connectivity index (χ1) is 13.7. The van der Waals surface area contributed by atoms with Crippen molar-refractivity contribution in [3.63, 3.8) is 0 Å². The minimum atomic E-state index is -4.65. The molecular weight excluding hydrogens is 389 g/mol. The quantitative estimate of drug-likeness (QED) is 0.718. The number of aromatic nitrogens is 3. The number of Topliss-reactive ketones (excluding diaryl/α,β-unsaturated/α-hetero) is 1. The molecule has 1 N–H and O–H groups in total. The Bertz CT molecular complexity index is 1120. The van der Waals surface area contributed by atoms with Crippen LogP contribution in [0.2, 0.25) is 0 Å². The van der Waals surface area contributed by atoms with Crippen molar-refractivity contribution in [1.29, 1.82) is 0 Å². The molecule has 2 aromatic heterocycles. The summed E-state index contributed by atoms with van der Waals surface area (Å²) in [6, 6.07) is 6.35. The lowest BCUT2D eigenvalue weighted by Gasteiger charge is -2.23. The van der Waals surface area contributed by atoms with Gasteiger partial charge >= 0.3 is 6.18 Å². The Hall–Kier alpha value is -3.43. The first-order valence-corrected chi connectivity index (χ1v) is 8.69. The summed E-state index contributed by atoms with van der Waals surface area (Å²) >= 11 is 0. The first kappa shape index (κ1) is 18.9. The number of carbonyl (C=O) groups is 2. The van der Waals surface area contributed by atoms with Gasteiger partial charge in [0, 0.05) is 30.5 Å². The zero-order chi connectivity index (χ0) is 20.8. The van der Waals surface area contributed by atoms with Crippen molar-refractivity contribution in [1.82, 2.24) is 14.8 Å². The molecule has 0 atom stereocenters. The topological polar surface area (TPSA) is 86.1 Å². The Kier molecular flexibility index (Phi) is 4.48. The fourth-order valence-electron chi connectivity index (χ4n) is 3.08. The zero-order valence-electron chi connectivity index (χ0n) is 15.2. The van der Waals surface area contributed by atoms with Gasteiger partial charge in [-0.05, 0) is 18.2 Å². The lowest BCUT2D eigenvalue weighted by Crippen LogP contribution is -2.26. The lowest BCUT2D eigenvalue weighted by molar-refractivity contribution is -0.141. The fourth-order valence-corrected chi connectivity index (χ4v) is 3.08. The summed E-state index contributed by atoms with van der Waals surface area (Å²) in [4.78, 5) is 27.0. The Morgan fingerprint density at radius 2 is 2.03 bits per heavy atom. The number of methoxy groups -OCH3 is 1. The van der Waals surface area contributed by atoms with E-state index in [4.69, 9.17) is 4.74 Å². The molecule has 0 saturated heterocycles. The maximum absolute atomic E-state index is 12.8. The zero-order valence-corrected chi connectivity index (χ0v) is 15.2. The third-order valence-electron chi connectivity index (χ3n) is 4.66. The van der Waals surface area contributed by atoms with E-state index < -0.39 is 17.8 Å². The second-order valence-corrected chi connectivity index (χ2v) is 6.68. The lowest BCUT2D eigenvalue weighted by atomic mass is 9.92. The number of hydrogen-bond donors (Lipinski definition) is 1. The number of carbonyl (C=O) groups excluding carboxylic acids is 2. The molecule has 4 rings (SSSR count). The van der Waals surface area contributed by atoms with Crippen molar-refractivity contribution < 1.29 is 27.5 Å². The van der Waals surface area contributed by atoms with Gasteiger partial charge in [-0.15, -0.1) is 0 Å². The summed E-state index contributed by atoms with van der Waals surface area (Å²) in [7, 11) is 1.40. The molecule has 1 fully saturated rings. The molecule has 2 heterocycles. The normalized spacial score (nSPS) is 14.7. The largest absolute Gasteiger partial charge is 0.494 e. The van der Waals surface area contributed by atoms with Gasteiger partial charge < -0.3 is 10.1 Å². The third kappa shape index (κ3) is 3.65. The van der Waals surface area contributed by atoms with Crippen molar-refractivity contribution in [2.24, 2.45) is 0 Å². The monoisotopic (exact) mass is 404 g/mol. The summed E-state index contributed by atoms with van der Waals surface area (Å²) in [5.74, 6) is -0.327. The number of alkyl halides is 3. The van der Waals surface area contributed by atoms with Gasteiger partial charge in [-0.1, -0.05) is 6.07 Å². The van der Waals surface area contributed by atoms with Crippen molar-refractivity contribution in [3.05, 3.63) is 47.9 Å². The van der Waals surface area contributed by atoms with E-state index in [9.17, 15) is 22.8 Å². The molecule has 0 unspecified atom stereocenters. The molecule has 29 heavy (non-hydrogen) atoms. The molecule has 0 bridgehead atoms. The highest BCUT2D eigenvalue weighted by Gasteiger charge is 2.33. The predicted molar refractivity (Wildman–Crippen MR) is 96.8 cm³/mol. The molecule has 0 spiro atoms. The third-order valence-corrected chi connectivity index (χ3v) is 4.66. The molecule has 1 amide bonds. The van der Waals surface area contributed by atoms with Gasteiger partial charge in [0.2, 0.25) is 0 Å². The van der Waals surface area contributed by atoms with E-state index >= 15 is 0 Å². The molecule has 3 aromatic rings. The van der Waals surface area contributed by atoms with Crippen LogP contribution < -0.4 is 10.1 Å². The van der Waals surface area contributed by atoms with E-state index in [1.807, 2.05) is 0 Å². The van der Waals surface area contributed by atoms with Crippen LogP contribution >= 0.6 is 0 Å². The minimum absolute atomic E-state index is 0.00763. The summed E-state index contributed by atoms with van der Waals surface area (Å²) < 4.78 is 45.5. The molecule has 0 aliphatic heterocycles. The van der Waals surface area contributed by atoms with E-state index in [-0.39, 0.29) is 23.2 Å². The maximum atomic E-state index is 12.8. The van der Waals surface area contributed by atoms with Crippen LogP contribution in [-0.4, -0.2) is 33.6 Å². The van der Waals surface area contributed by atoms with E-state index in [0.29, 0.717) is 29.5 Å². The van der Waals surface area contributed by atoms with Gasteiger partial charge in [0.1, 0.15) is 22.9 Å². The Morgan fingerprint density at radius 1 is 1.28 bits per heavy atom. The SMILES string of the molecule is COc1cc2nn(C3CC(=O)C3)cc2cc1NC(=O)c1cccc(C(F)(F)F)n1. The van der Waals surface area contributed by atoms with Gasteiger partial charge in [0.05, 0.1) is 24.4 Å². The van der Waals surface area contributed by atoms with Crippen LogP contribution in [0.4, 0.5) is 18.9 Å². The molecule has 1 aliphatic rings. The Labute approximate surface area is 162 Å². The number of amides is 1. The number of hydrogen-bond acceptors (Lipinski definition) is 5. The number of halogens is 3. The van der Waals surface area contributed by atoms with Gasteiger partial charge in [-0.25, -0.2) is 4.98 Å². The van der Waals surface area contributed by atoms with Crippen LogP contribution in [-0.2, 0) is 11.0 Å². The average molecular weight is 404 g/mol. The van der Waals surface area contributed by atoms with E-state index in [2.05, 4.69) is 15.4 Å². The number of ketones is 1. The Morgan fingerprint density at radius 3 is 2.69 bits per heavy atom. The van der Waals surface area contributed by atoms with Crippen molar-refractivity contribution in [2.75, 3.05) is 12.4 Å². The second kappa shape index (κ2) is 6.87. The van der Waals surface area contributed by atoms with E-state index in [1.165, 1.54) is 13.2 Å². The summed E-state index contributed by atoms with van der Waals surface area (Å²) in [5, 5.41) is 7.66. The smallest absolute Gasteiger partial charge is 0.433 e. The number of fused-ring (bicyclic) bond motifs is 1.